The first-order valence-corrected chi connectivity index (χ1v) is 6.70. The van der Waals surface area contributed by atoms with Crippen LogP contribution < -0.4 is 0 Å². The second kappa shape index (κ2) is 8.57. The zero-order chi connectivity index (χ0) is 14.1. The molecule has 0 unspecified atom stereocenters. The van der Waals surface area contributed by atoms with E-state index in [1.807, 2.05) is 13.8 Å². The molecule has 0 aromatic rings. The minimum Gasteiger partial charge on any atom is -0.344 e. The molecule has 100 valence electrons. The van der Waals surface area contributed by atoms with Crippen molar-refractivity contribution in [3.8, 4) is 0 Å². The summed E-state index contributed by atoms with van der Waals surface area (Å²) in [5.41, 5.74) is 4.76. The maximum Gasteiger partial charge on any atom is 0.0469 e. The summed E-state index contributed by atoms with van der Waals surface area (Å²) in [6.07, 6.45) is 9.49. The van der Waals surface area contributed by atoms with Crippen LogP contribution in [-0.4, -0.2) is 11.4 Å². The van der Waals surface area contributed by atoms with Gasteiger partial charge < -0.3 is 4.90 Å². The van der Waals surface area contributed by atoms with Gasteiger partial charge in [0, 0.05) is 18.4 Å². The van der Waals surface area contributed by atoms with Gasteiger partial charge in [0.15, 0.2) is 0 Å². The van der Waals surface area contributed by atoms with Crippen LogP contribution in [0, 0.1) is 0 Å². The topological polar surface area (TPSA) is 3.24 Å². The lowest BCUT2D eigenvalue weighted by atomic mass is 10.1. The molecule has 0 saturated heterocycles. The standard InChI is InChI=1S/C15H21N.C2H6/c1-6-12(2)9-14(4)11-16-8-7-13(3)10-15(16)5;1-2/h7-10H,4-6,11H2,1-3H3;1-2H3/b12-9+;. The predicted octanol–water partition coefficient (Wildman–Crippen LogP) is 5.21. The molecule has 0 fully saturated rings. The van der Waals surface area contributed by atoms with E-state index in [2.05, 4.69) is 63.3 Å². The van der Waals surface area contributed by atoms with Gasteiger partial charge in [0.2, 0.25) is 0 Å². The fourth-order valence-electron chi connectivity index (χ4n) is 1.57. The van der Waals surface area contributed by atoms with Crippen molar-refractivity contribution in [2.24, 2.45) is 0 Å². The lowest BCUT2D eigenvalue weighted by Gasteiger charge is -2.24. The average Bonchev–Trinajstić information content (AvgIpc) is 2.35. The summed E-state index contributed by atoms with van der Waals surface area (Å²) in [6, 6.07) is 0. The molecule has 0 saturated carbocycles. The first-order valence-electron chi connectivity index (χ1n) is 6.70. The molecular formula is C17H27N. The largest absolute Gasteiger partial charge is 0.344 e. The van der Waals surface area contributed by atoms with Crippen molar-refractivity contribution in [1.29, 1.82) is 0 Å². The summed E-state index contributed by atoms with van der Waals surface area (Å²) in [6.45, 7) is 19.3. The molecule has 0 aliphatic carbocycles. The maximum absolute atomic E-state index is 4.08. The molecule has 1 heteroatoms. The number of hydrogen-bond donors (Lipinski definition) is 0. The van der Waals surface area contributed by atoms with Crippen LogP contribution in [0.1, 0.15) is 41.0 Å². The Labute approximate surface area is 113 Å². The van der Waals surface area contributed by atoms with E-state index in [1.165, 1.54) is 11.1 Å². The molecule has 0 bridgehead atoms. The Morgan fingerprint density at radius 2 is 2.00 bits per heavy atom. The van der Waals surface area contributed by atoms with Crippen molar-refractivity contribution in [3.63, 3.8) is 0 Å². The van der Waals surface area contributed by atoms with Crippen LogP contribution in [0.4, 0.5) is 0 Å². The van der Waals surface area contributed by atoms with Crippen LogP contribution >= 0.6 is 0 Å². The Morgan fingerprint density at radius 3 is 2.50 bits per heavy atom. The quantitative estimate of drug-likeness (QED) is 0.614. The third-order valence-electron chi connectivity index (χ3n) is 2.66. The van der Waals surface area contributed by atoms with Crippen LogP contribution in [0.2, 0.25) is 0 Å². The predicted molar refractivity (Wildman–Crippen MR) is 83.3 cm³/mol. The van der Waals surface area contributed by atoms with Crippen LogP contribution in [-0.2, 0) is 0 Å². The van der Waals surface area contributed by atoms with Crippen molar-refractivity contribution >= 4 is 0 Å². The van der Waals surface area contributed by atoms with Gasteiger partial charge in [-0.25, -0.2) is 0 Å². The minimum atomic E-state index is 0.816. The summed E-state index contributed by atoms with van der Waals surface area (Å²) in [5.74, 6) is 0. The minimum absolute atomic E-state index is 0.816. The highest BCUT2D eigenvalue weighted by atomic mass is 15.1. The lowest BCUT2D eigenvalue weighted by Crippen LogP contribution is -2.19. The molecule has 0 spiro atoms. The van der Waals surface area contributed by atoms with Crippen LogP contribution in [0.3, 0.4) is 0 Å². The van der Waals surface area contributed by atoms with Crippen molar-refractivity contribution < 1.29 is 0 Å². The Morgan fingerprint density at radius 1 is 1.39 bits per heavy atom. The van der Waals surface area contributed by atoms with Crippen molar-refractivity contribution in [2.75, 3.05) is 6.54 Å². The maximum atomic E-state index is 4.08. The molecule has 1 nitrogen and oxygen atoms in total. The lowest BCUT2D eigenvalue weighted by molar-refractivity contribution is 0.521. The van der Waals surface area contributed by atoms with E-state index in [-0.39, 0.29) is 0 Å². The third-order valence-corrected chi connectivity index (χ3v) is 2.66. The van der Waals surface area contributed by atoms with E-state index >= 15 is 0 Å². The number of allylic oxidation sites excluding steroid dienone is 4. The van der Waals surface area contributed by atoms with Crippen LogP contribution in [0.15, 0.2) is 60.0 Å². The molecular weight excluding hydrogens is 218 g/mol. The second-order valence-corrected chi connectivity index (χ2v) is 4.33. The molecule has 18 heavy (non-hydrogen) atoms. The van der Waals surface area contributed by atoms with Gasteiger partial charge in [-0.2, -0.15) is 0 Å². The van der Waals surface area contributed by atoms with Crippen molar-refractivity contribution in [2.45, 2.75) is 41.0 Å². The van der Waals surface area contributed by atoms with Gasteiger partial charge in [0.25, 0.3) is 0 Å². The highest BCUT2D eigenvalue weighted by Gasteiger charge is 2.07. The van der Waals surface area contributed by atoms with Crippen LogP contribution in [0.25, 0.3) is 0 Å². The molecule has 1 aliphatic heterocycles. The zero-order valence-electron chi connectivity index (χ0n) is 12.6. The van der Waals surface area contributed by atoms with E-state index in [1.54, 1.807) is 0 Å². The molecule has 1 rings (SSSR count). The molecule has 1 aliphatic rings. The highest BCUT2D eigenvalue weighted by Crippen LogP contribution is 2.17. The average molecular weight is 245 g/mol. The summed E-state index contributed by atoms with van der Waals surface area (Å²) >= 11 is 0. The molecule has 0 aromatic carbocycles. The number of hydrogen-bond acceptors (Lipinski definition) is 1. The summed E-state index contributed by atoms with van der Waals surface area (Å²) in [5, 5.41) is 0. The smallest absolute Gasteiger partial charge is 0.0469 e. The van der Waals surface area contributed by atoms with Gasteiger partial charge in [0.05, 0.1) is 0 Å². The molecule has 1 heterocycles. The molecule has 0 aromatic heterocycles. The van der Waals surface area contributed by atoms with Gasteiger partial charge in [-0.1, -0.05) is 45.6 Å². The zero-order valence-corrected chi connectivity index (χ0v) is 12.6. The van der Waals surface area contributed by atoms with Gasteiger partial charge in [0.1, 0.15) is 0 Å². The van der Waals surface area contributed by atoms with E-state index in [0.29, 0.717) is 0 Å². The summed E-state index contributed by atoms with van der Waals surface area (Å²) < 4.78 is 0. The van der Waals surface area contributed by atoms with Crippen LogP contribution in [0.5, 0.6) is 0 Å². The second-order valence-electron chi connectivity index (χ2n) is 4.33. The first kappa shape index (κ1) is 16.5. The van der Waals surface area contributed by atoms with E-state index < -0.39 is 0 Å². The Balaban J connectivity index is 0.00000137. The molecule has 0 radical (unpaired) electrons. The van der Waals surface area contributed by atoms with Gasteiger partial charge in [-0.05, 0) is 43.6 Å². The normalized spacial score (nSPS) is 14.9. The Bertz CT molecular complexity index is 380. The number of rotatable bonds is 4. The van der Waals surface area contributed by atoms with Gasteiger partial charge >= 0.3 is 0 Å². The molecule has 0 N–H and O–H groups in total. The van der Waals surface area contributed by atoms with Crippen molar-refractivity contribution in [3.05, 3.63) is 60.0 Å². The Kier molecular flexibility index (Phi) is 7.86. The molecule has 0 amide bonds. The highest BCUT2D eigenvalue weighted by molar-refractivity contribution is 5.34. The number of nitrogens with zero attached hydrogens (tertiary/aromatic N) is 1. The van der Waals surface area contributed by atoms with E-state index in [4.69, 9.17) is 0 Å². The molecule has 0 atom stereocenters. The first-order chi connectivity index (χ1) is 8.52. The van der Waals surface area contributed by atoms with E-state index in [0.717, 1.165) is 24.2 Å². The van der Waals surface area contributed by atoms with E-state index in [9.17, 15) is 0 Å². The fraction of sp³-hybridized carbons (Fsp3) is 0.412. The SMILES string of the molecule is C=C(/C=C(\C)CC)CN1C=CC(C)=CC1=C.CC. The Hall–Kier alpha value is -1.50. The third kappa shape index (κ3) is 5.72. The van der Waals surface area contributed by atoms with Gasteiger partial charge in [-0.15, -0.1) is 0 Å². The summed E-state index contributed by atoms with van der Waals surface area (Å²) in [4.78, 5) is 2.12. The summed E-state index contributed by atoms with van der Waals surface area (Å²) in [7, 11) is 0. The monoisotopic (exact) mass is 245 g/mol. The van der Waals surface area contributed by atoms with Crippen molar-refractivity contribution in [1.82, 2.24) is 4.90 Å². The van der Waals surface area contributed by atoms with Gasteiger partial charge in [-0.3, -0.25) is 0 Å². The fourth-order valence-corrected chi connectivity index (χ4v) is 1.57.